The van der Waals surface area contributed by atoms with Crippen LogP contribution in [0.2, 0.25) is 0 Å². The summed E-state index contributed by atoms with van der Waals surface area (Å²) in [6.07, 6.45) is 2.07. The molecule has 2 heterocycles. The van der Waals surface area contributed by atoms with E-state index in [1.165, 1.54) is 16.7 Å². The average Bonchev–Trinajstić information content (AvgIpc) is 2.65. The average molecular weight is 250 g/mol. The fraction of sp³-hybridized carbons (Fsp3) is 0.364. The van der Waals surface area contributed by atoms with Crippen LogP contribution in [0, 0.1) is 0 Å². The van der Waals surface area contributed by atoms with E-state index in [-0.39, 0.29) is 24.0 Å². The summed E-state index contributed by atoms with van der Waals surface area (Å²) in [6.45, 7) is 0.768. The van der Waals surface area contributed by atoms with Crippen LogP contribution >= 0.6 is 0 Å². The number of aromatic nitrogens is 1. The molecular formula is C11H14N4O3. The van der Waals surface area contributed by atoms with Gasteiger partial charge in [-0.25, -0.2) is 4.79 Å². The van der Waals surface area contributed by atoms with Crippen LogP contribution in [0.15, 0.2) is 23.1 Å². The Bertz CT molecular complexity index is 521. The Balaban J connectivity index is 1.92. The molecule has 0 radical (unpaired) electrons. The number of hydrogen-bond donors (Lipinski definition) is 2. The zero-order valence-electron chi connectivity index (χ0n) is 9.76. The van der Waals surface area contributed by atoms with Crippen molar-refractivity contribution in [2.45, 2.75) is 13.0 Å². The van der Waals surface area contributed by atoms with Gasteiger partial charge in [-0.2, -0.15) is 0 Å². The van der Waals surface area contributed by atoms with E-state index in [4.69, 9.17) is 5.73 Å². The monoisotopic (exact) mass is 250 g/mol. The molecule has 0 saturated carbocycles. The van der Waals surface area contributed by atoms with E-state index >= 15 is 0 Å². The van der Waals surface area contributed by atoms with Crippen molar-refractivity contribution < 1.29 is 9.59 Å². The van der Waals surface area contributed by atoms with Crippen LogP contribution in [0.5, 0.6) is 0 Å². The second-order valence-electron chi connectivity index (χ2n) is 4.05. The minimum absolute atomic E-state index is 0.0526. The molecule has 0 unspecified atom stereocenters. The number of nitrogens with zero attached hydrogens (tertiary/aromatic N) is 2. The molecule has 3 N–H and O–H groups in total. The van der Waals surface area contributed by atoms with E-state index in [1.54, 1.807) is 6.20 Å². The third-order valence-electron chi connectivity index (χ3n) is 2.72. The number of pyridine rings is 1. The first-order chi connectivity index (χ1) is 8.58. The Hall–Kier alpha value is -2.31. The maximum atomic E-state index is 11.5. The fourth-order valence-corrected chi connectivity index (χ4v) is 1.81. The number of amides is 3. The second kappa shape index (κ2) is 4.91. The molecule has 18 heavy (non-hydrogen) atoms. The molecule has 0 bridgehead atoms. The fourth-order valence-electron chi connectivity index (χ4n) is 1.81. The Morgan fingerprint density at radius 3 is 2.67 bits per heavy atom. The number of nitrogen functional groups attached to an aromatic ring is 1. The lowest BCUT2D eigenvalue weighted by Crippen LogP contribution is -2.33. The lowest BCUT2D eigenvalue weighted by molar-refractivity contribution is -0.125. The standard InChI is InChI=1S/C11H14N4O3/c12-8-2-3-9(16)14(7-8)4-1-5-15-10(17)6-13-11(15)18/h2-3,7H,1,4-6,12H2,(H,13,18). The molecule has 0 aliphatic carbocycles. The van der Waals surface area contributed by atoms with E-state index in [0.717, 1.165) is 4.90 Å². The van der Waals surface area contributed by atoms with Gasteiger partial charge in [-0.15, -0.1) is 0 Å². The molecule has 96 valence electrons. The van der Waals surface area contributed by atoms with Crippen molar-refractivity contribution >= 4 is 17.6 Å². The maximum absolute atomic E-state index is 11.5. The minimum atomic E-state index is -0.375. The number of carbonyl (C=O) groups is 2. The molecule has 7 nitrogen and oxygen atoms in total. The number of anilines is 1. The summed E-state index contributed by atoms with van der Waals surface area (Å²) in [5.74, 6) is -0.236. The number of nitrogens with one attached hydrogen (secondary N) is 1. The predicted octanol–water partition coefficient (Wildman–Crippen LogP) is -0.628. The summed E-state index contributed by atoms with van der Waals surface area (Å²) in [4.78, 5) is 35.2. The molecule has 3 amide bonds. The summed E-state index contributed by atoms with van der Waals surface area (Å²) in [7, 11) is 0. The quantitative estimate of drug-likeness (QED) is 0.695. The van der Waals surface area contributed by atoms with E-state index in [1.807, 2.05) is 0 Å². The van der Waals surface area contributed by atoms with Gasteiger partial charge in [0.15, 0.2) is 0 Å². The van der Waals surface area contributed by atoms with Crippen molar-refractivity contribution in [3.05, 3.63) is 28.7 Å². The molecule has 0 aromatic carbocycles. The summed E-state index contributed by atoms with van der Waals surface area (Å²) in [5, 5.41) is 2.44. The van der Waals surface area contributed by atoms with Crippen LogP contribution in [0.25, 0.3) is 0 Å². The SMILES string of the molecule is Nc1ccc(=O)n(CCCN2C(=O)CNC2=O)c1. The van der Waals surface area contributed by atoms with Crippen LogP contribution in [0.1, 0.15) is 6.42 Å². The van der Waals surface area contributed by atoms with Crippen LogP contribution in [0.3, 0.4) is 0 Å². The number of carbonyl (C=O) groups excluding carboxylic acids is 2. The highest BCUT2D eigenvalue weighted by Gasteiger charge is 2.27. The van der Waals surface area contributed by atoms with E-state index < -0.39 is 0 Å². The normalized spacial score (nSPS) is 15.0. The van der Waals surface area contributed by atoms with E-state index in [0.29, 0.717) is 25.2 Å². The molecule has 1 saturated heterocycles. The first kappa shape index (κ1) is 12.2. The molecule has 1 aromatic heterocycles. The van der Waals surface area contributed by atoms with Gasteiger partial charge in [-0.05, 0) is 12.5 Å². The minimum Gasteiger partial charge on any atom is -0.398 e. The Morgan fingerprint density at radius 1 is 1.22 bits per heavy atom. The molecule has 7 heteroatoms. The number of rotatable bonds is 4. The maximum Gasteiger partial charge on any atom is 0.324 e. The van der Waals surface area contributed by atoms with Crippen molar-refractivity contribution in [3.8, 4) is 0 Å². The molecule has 1 fully saturated rings. The Kier molecular flexibility index (Phi) is 3.31. The van der Waals surface area contributed by atoms with Gasteiger partial charge in [0.2, 0.25) is 5.91 Å². The molecular weight excluding hydrogens is 236 g/mol. The largest absolute Gasteiger partial charge is 0.398 e. The Labute approximate surface area is 103 Å². The van der Waals surface area contributed by atoms with Gasteiger partial charge in [0.05, 0.1) is 6.54 Å². The topological polar surface area (TPSA) is 97.4 Å². The van der Waals surface area contributed by atoms with Crippen molar-refractivity contribution in [3.63, 3.8) is 0 Å². The summed E-state index contributed by atoms with van der Waals surface area (Å²) >= 11 is 0. The van der Waals surface area contributed by atoms with Crippen molar-refractivity contribution in [2.24, 2.45) is 0 Å². The highest BCUT2D eigenvalue weighted by atomic mass is 16.2. The van der Waals surface area contributed by atoms with Crippen molar-refractivity contribution in [2.75, 3.05) is 18.8 Å². The lowest BCUT2D eigenvalue weighted by atomic mass is 10.3. The van der Waals surface area contributed by atoms with Gasteiger partial charge in [0.1, 0.15) is 0 Å². The van der Waals surface area contributed by atoms with Gasteiger partial charge < -0.3 is 15.6 Å². The molecule has 2 rings (SSSR count). The summed E-state index contributed by atoms with van der Waals surface area (Å²) < 4.78 is 1.47. The Morgan fingerprint density at radius 2 is 2.00 bits per heavy atom. The molecule has 1 aromatic rings. The number of imide groups is 1. The van der Waals surface area contributed by atoms with Crippen molar-refractivity contribution in [1.82, 2.24) is 14.8 Å². The highest BCUT2D eigenvalue weighted by molar-refractivity contribution is 6.01. The molecule has 0 spiro atoms. The first-order valence-corrected chi connectivity index (χ1v) is 5.62. The molecule has 1 aliphatic rings. The number of hydrogen-bond acceptors (Lipinski definition) is 4. The third-order valence-corrected chi connectivity index (χ3v) is 2.72. The number of urea groups is 1. The van der Waals surface area contributed by atoms with Crippen molar-refractivity contribution in [1.29, 1.82) is 0 Å². The first-order valence-electron chi connectivity index (χ1n) is 5.62. The number of aryl methyl sites for hydroxylation is 1. The molecule has 1 aliphatic heterocycles. The smallest absolute Gasteiger partial charge is 0.324 e. The van der Waals surface area contributed by atoms with Gasteiger partial charge in [0.25, 0.3) is 5.56 Å². The third kappa shape index (κ3) is 2.50. The number of nitrogens with two attached hydrogens (primary N) is 1. The highest BCUT2D eigenvalue weighted by Crippen LogP contribution is 2.02. The summed E-state index contributed by atoms with van der Waals surface area (Å²) in [6, 6.07) is 2.55. The van der Waals surface area contributed by atoms with Crippen LogP contribution < -0.4 is 16.6 Å². The van der Waals surface area contributed by atoms with Gasteiger partial charge in [-0.3, -0.25) is 14.5 Å². The molecule has 0 atom stereocenters. The van der Waals surface area contributed by atoms with E-state index in [9.17, 15) is 14.4 Å². The predicted molar refractivity (Wildman–Crippen MR) is 64.8 cm³/mol. The van der Waals surface area contributed by atoms with Gasteiger partial charge >= 0.3 is 6.03 Å². The van der Waals surface area contributed by atoms with Crippen LogP contribution in [0.4, 0.5) is 10.5 Å². The van der Waals surface area contributed by atoms with Gasteiger partial charge in [0, 0.05) is 31.0 Å². The zero-order valence-corrected chi connectivity index (χ0v) is 9.76. The summed E-state index contributed by atoms with van der Waals surface area (Å²) in [5.41, 5.74) is 5.93. The lowest BCUT2D eigenvalue weighted by Gasteiger charge is -2.12. The van der Waals surface area contributed by atoms with Gasteiger partial charge in [-0.1, -0.05) is 0 Å². The second-order valence-corrected chi connectivity index (χ2v) is 4.05. The zero-order chi connectivity index (χ0) is 13.1. The van der Waals surface area contributed by atoms with Crippen LogP contribution in [-0.2, 0) is 11.3 Å². The van der Waals surface area contributed by atoms with Crippen LogP contribution in [-0.4, -0.2) is 34.5 Å². The van der Waals surface area contributed by atoms with E-state index in [2.05, 4.69) is 5.32 Å².